The Hall–Kier alpha value is -2.49. The number of amides is 1. The van der Waals surface area contributed by atoms with Gasteiger partial charge in [-0.15, -0.1) is 24.0 Å². The van der Waals surface area contributed by atoms with Crippen molar-refractivity contribution in [3.8, 4) is 11.5 Å². The average molecular weight is 540 g/mol. The Morgan fingerprint density at radius 3 is 2.52 bits per heavy atom. The van der Waals surface area contributed by atoms with Crippen LogP contribution in [0.25, 0.3) is 0 Å². The van der Waals surface area contributed by atoms with Gasteiger partial charge in [0, 0.05) is 31.8 Å². The first-order chi connectivity index (χ1) is 14.5. The molecule has 0 saturated carbocycles. The molecule has 0 fully saturated rings. The Morgan fingerprint density at radius 2 is 1.81 bits per heavy atom. The van der Waals surface area contributed by atoms with Crippen molar-refractivity contribution in [2.45, 2.75) is 32.9 Å². The molecule has 1 unspecified atom stereocenters. The zero-order valence-corrected chi connectivity index (χ0v) is 20.9. The highest BCUT2D eigenvalue weighted by Gasteiger charge is 2.08. The number of rotatable bonds is 10. The number of carbonyl (C=O) groups is 1. The van der Waals surface area contributed by atoms with E-state index in [0.717, 1.165) is 23.5 Å². The normalized spacial score (nSPS) is 11.7. The second kappa shape index (κ2) is 14.5. The summed E-state index contributed by atoms with van der Waals surface area (Å²) in [6.07, 6.45) is 0.843. The van der Waals surface area contributed by atoms with Gasteiger partial charge in [-0.05, 0) is 43.2 Å². The van der Waals surface area contributed by atoms with E-state index in [2.05, 4.69) is 20.9 Å². The molecule has 0 spiro atoms. The highest BCUT2D eigenvalue weighted by atomic mass is 127. The predicted molar refractivity (Wildman–Crippen MR) is 136 cm³/mol. The van der Waals surface area contributed by atoms with Crippen LogP contribution >= 0.6 is 24.0 Å². The van der Waals surface area contributed by atoms with Crippen LogP contribution in [0.2, 0.25) is 0 Å². The Balaban J connectivity index is 0.00000480. The monoisotopic (exact) mass is 540 g/mol. The highest BCUT2D eigenvalue weighted by molar-refractivity contribution is 14.0. The van der Waals surface area contributed by atoms with E-state index in [9.17, 15) is 4.79 Å². The van der Waals surface area contributed by atoms with E-state index < -0.39 is 0 Å². The maximum Gasteiger partial charge on any atom is 0.251 e. The Bertz CT molecular complexity index is 845. The summed E-state index contributed by atoms with van der Waals surface area (Å²) >= 11 is 0. The molecular weight excluding hydrogens is 507 g/mol. The molecule has 170 valence electrons. The molecule has 0 saturated heterocycles. The lowest BCUT2D eigenvalue weighted by Crippen LogP contribution is -2.41. The molecule has 0 radical (unpaired) electrons. The number of aliphatic imine (C=N–C) groups is 1. The number of halogens is 1. The lowest BCUT2D eigenvalue weighted by atomic mass is 10.1. The van der Waals surface area contributed by atoms with Crippen LogP contribution in [0.15, 0.2) is 53.5 Å². The predicted octanol–water partition coefficient (Wildman–Crippen LogP) is 3.59. The minimum absolute atomic E-state index is 0. The van der Waals surface area contributed by atoms with Gasteiger partial charge in [0.05, 0.1) is 13.7 Å². The molecule has 3 N–H and O–H groups in total. The second-order valence-electron chi connectivity index (χ2n) is 6.87. The topological polar surface area (TPSA) is 84.0 Å². The van der Waals surface area contributed by atoms with E-state index in [1.165, 1.54) is 0 Å². The lowest BCUT2D eigenvalue weighted by molar-refractivity contribution is 0.0953. The molecule has 1 amide bonds. The van der Waals surface area contributed by atoms with E-state index in [1.807, 2.05) is 62.4 Å². The number of nitrogens with zero attached hydrogens (tertiary/aromatic N) is 1. The van der Waals surface area contributed by atoms with E-state index in [4.69, 9.17) is 9.47 Å². The van der Waals surface area contributed by atoms with E-state index >= 15 is 0 Å². The average Bonchev–Trinajstić information content (AvgIpc) is 2.77. The van der Waals surface area contributed by atoms with Gasteiger partial charge in [0.25, 0.3) is 5.91 Å². The Labute approximate surface area is 202 Å². The van der Waals surface area contributed by atoms with Gasteiger partial charge >= 0.3 is 0 Å². The second-order valence-corrected chi connectivity index (χ2v) is 6.87. The van der Waals surface area contributed by atoms with Gasteiger partial charge < -0.3 is 25.4 Å². The first kappa shape index (κ1) is 26.5. The van der Waals surface area contributed by atoms with Gasteiger partial charge in [-0.25, -0.2) is 0 Å². The fourth-order valence-corrected chi connectivity index (χ4v) is 2.76. The number of benzene rings is 2. The minimum Gasteiger partial charge on any atom is -0.497 e. The molecule has 0 aromatic heterocycles. The van der Waals surface area contributed by atoms with Crippen LogP contribution in [0.4, 0.5) is 0 Å². The lowest BCUT2D eigenvalue weighted by Gasteiger charge is -2.18. The van der Waals surface area contributed by atoms with E-state index in [1.54, 1.807) is 14.2 Å². The van der Waals surface area contributed by atoms with Crippen LogP contribution in [0.3, 0.4) is 0 Å². The van der Waals surface area contributed by atoms with E-state index in [-0.39, 0.29) is 36.0 Å². The largest absolute Gasteiger partial charge is 0.497 e. The first-order valence-electron chi connectivity index (χ1n) is 10.2. The third-order valence-corrected chi connectivity index (χ3v) is 4.34. The van der Waals surface area contributed by atoms with Crippen molar-refractivity contribution in [1.29, 1.82) is 0 Å². The molecule has 0 aliphatic rings. The molecule has 0 aliphatic carbocycles. The summed E-state index contributed by atoms with van der Waals surface area (Å²) in [6, 6.07) is 15.1. The number of hydrogen-bond acceptors (Lipinski definition) is 4. The Morgan fingerprint density at radius 1 is 1.06 bits per heavy atom. The molecule has 2 aromatic carbocycles. The summed E-state index contributed by atoms with van der Waals surface area (Å²) in [6.45, 7) is 5.82. The summed E-state index contributed by atoms with van der Waals surface area (Å²) < 4.78 is 11.1. The van der Waals surface area contributed by atoms with Gasteiger partial charge in [0.15, 0.2) is 5.96 Å². The quantitative estimate of drug-likeness (QED) is 0.244. The molecule has 8 heteroatoms. The van der Waals surface area contributed by atoms with Crippen molar-refractivity contribution >= 4 is 35.8 Å². The van der Waals surface area contributed by atoms with Gasteiger partial charge in [0.2, 0.25) is 0 Å². The van der Waals surface area contributed by atoms with Crippen LogP contribution in [0.5, 0.6) is 11.5 Å². The van der Waals surface area contributed by atoms with Gasteiger partial charge in [-0.1, -0.05) is 25.1 Å². The summed E-state index contributed by atoms with van der Waals surface area (Å²) in [4.78, 5) is 16.4. The smallest absolute Gasteiger partial charge is 0.251 e. The number of guanidine groups is 1. The fraction of sp³-hybridized carbons (Fsp3) is 0.391. The molecule has 0 bridgehead atoms. The third-order valence-electron chi connectivity index (χ3n) is 4.34. The van der Waals surface area contributed by atoms with Crippen molar-refractivity contribution in [1.82, 2.24) is 16.0 Å². The molecule has 0 heterocycles. The molecule has 2 rings (SSSR count). The van der Waals surface area contributed by atoms with Crippen LogP contribution in [-0.2, 0) is 6.54 Å². The molecule has 2 aromatic rings. The van der Waals surface area contributed by atoms with Gasteiger partial charge in [-0.3, -0.25) is 9.79 Å². The molecule has 7 nitrogen and oxygen atoms in total. The maximum atomic E-state index is 12.1. The summed E-state index contributed by atoms with van der Waals surface area (Å²) in [5.41, 5.74) is 1.66. The number of hydrogen-bond donors (Lipinski definition) is 3. The molecule has 31 heavy (non-hydrogen) atoms. The standard InChI is InChI=1S/C23H32N4O3.HI/c1-5-12-25-22(28)19-9-6-8-18(13-19)16-27-23(24-3)26-15-17(2)30-21-11-7-10-20(14-21)29-4;/h6-11,13-14,17H,5,12,15-16H2,1-4H3,(H,25,28)(H2,24,26,27);1H. The summed E-state index contributed by atoms with van der Waals surface area (Å²) in [7, 11) is 3.35. The van der Waals surface area contributed by atoms with Crippen LogP contribution < -0.4 is 25.4 Å². The van der Waals surface area contributed by atoms with Crippen LogP contribution in [0.1, 0.15) is 36.2 Å². The molecule has 1 atom stereocenters. The minimum atomic E-state index is -0.0683. The summed E-state index contributed by atoms with van der Waals surface area (Å²) in [5, 5.41) is 9.42. The van der Waals surface area contributed by atoms with Crippen molar-refractivity contribution in [3.05, 3.63) is 59.7 Å². The zero-order valence-electron chi connectivity index (χ0n) is 18.6. The summed E-state index contributed by atoms with van der Waals surface area (Å²) in [5.74, 6) is 2.13. The van der Waals surface area contributed by atoms with E-state index in [0.29, 0.717) is 31.2 Å². The van der Waals surface area contributed by atoms with Crippen LogP contribution in [0, 0.1) is 0 Å². The number of nitrogens with one attached hydrogen (secondary N) is 3. The fourth-order valence-electron chi connectivity index (χ4n) is 2.76. The van der Waals surface area contributed by atoms with Crippen molar-refractivity contribution in [3.63, 3.8) is 0 Å². The van der Waals surface area contributed by atoms with Crippen molar-refractivity contribution < 1.29 is 14.3 Å². The SMILES string of the molecule is CCCNC(=O)c1cccc(CNC(=NC)NCC(C)Oc2cccc(OC)c2)c1.I. The number of ether oxygens (including phenoxy) is 2. The Kier molecular flexibility index (Phi) is 12.4. The third kappa shape index (κ3) is 9.46. The van der Waals surface area contributed by atoms with Crippen molar-refractivity contribution in [2.75, 3.05) is 27.2 Å². The van der Waals surface area contributed by atoms with Crippen LogP contribution in [-0.4, -0.2) is 45.2 Å². The van der Waals surface area contributed by atoms with Gasteiger partial charge in [0.1, 0.15) is 17.6 Å². The number of carbonyl (C=O) groups excluding carboxylic acids is 1. The maximum absolute atomic E-state index is 12.1. The molecule has 0 aliphatic heterocycles. The number of methoxy groups -OCH3 is 1. The highest BCUT2D eigenvalue weighted by Crippen LogP contribution is 2.19. The zero-order chi connectivity index (χ0) is 21.8. The first-order valence-corrected chi connectivity index (χ1v) is 10.2. The molecular formula is C23H33IN4O3. The van der Waals surface area contributed by atoms with Gasteiger partial charge in [-0.2, -0.15) is 0 Å². The van der Waals surface area contributed by atoms with Crippen molar-refractivity contribution in [2.24, 2.45) is 4.99 Å².